The zero-order valence-corrected chi connectivity index (χ0v) is 10.7. The van der Waals surface area contributed by atoms with Crippen LogP contribution < -0.4 is 4.90 Å². The van der Waals surface area contributed by atoms with Crippen LogP contribution in [0.1, 0.15) is 12.0 Å². The maximum atomic E-state index is 5.34. The predicted molar refractivity (Wildman–Crippen MR) is 74.8 cm³/mol. The van der Waals surface area contributed by atoms with Crippen molar-refractivity contribution in [3.05, 3.63) is 29.8 Å². The normalized spacial score (nSPS) is 15.2. The lowest BCUT2D eigenvalue weighted by Gasteiger charge is -2.28. The van der Waals surface area contributed by atoms with Crippen LogP contribution >= 0.6 is 12.6 Å². The van der Waals surface area contributed by atoms with Crippen LogP contribution in [-0.2, 0) is 4.74 Å². The Labute approximate surface area is 108 Å². The molecular formula is C14H17NOS. The molecule has 1 heterocycles. The first-order chi connectivity index (χ1) is 8.40. The minimum absolute atomic E-state index is 0.818. The van der Waals surface area contributed by atoms with Gasteiger partial charge < -0.3 is 9.64 Å². The second-order valence-corrected chi connectivity index (χ2v) is 4.37. The number of thiol groups is 1. The summed E-state index contributed by atoms with van der Waals surface area (Å²) in [6.07, 6.45) is 0.842. The maximum absolute atomic E-state index is 5.34. The Morgan fingerprint density at radius 3 is 2.53 bits per heavy atom. The maximum Gasteiger partial charge on any atom is 0.0642 e. The number of nitrogens with zero attached hydrogens (tertiary/aromatic N) is 1. The molecule has 0 spiro atoms. The lowest BCUT2D eigenvalue weighted by atomic mass is 10.2. The van der Waals surface area contributed by atoms with Gasteiger partial charge in [-0.05, 0) is 24.3 Å². The highest BCUT2D eigenvalue weighted by Gasteiger charge is 2.10. The highest BCUT2D eigenvalue weighted by atomic mass is 32.1. The van der Waals surface area contributed by atoms with E-state index in [-0.39, 0.29) is 0 Å². The van der Waals surface area contributed by atoms with Gasteiger partial charge in [-0.15, -0.1) is 0 Å². The van der Waals surface area contributed by atoms with E-state index < -0.39 is 0 Å². The fraction of sp³-hybridized carbons (Fsp3) is 0.429. The molecule has 0 unspecified atom stereocenters. The molecule has 17 heavy (non-hydrogen) atoms. The average molecular weight is 247 g/mol. The molecule has 1 aliphatic heterocycles. The third-order valence-corrected chi connectivity index (χ3v) is 2.94. The van der Waals surface area contributed by atoms with Gasteiger partial charge in [0.05, 0.1) is 13.2 Å². The third-order valence-electron chi connectivity index (χ3n) is 2.71. The molecule has 0 radical (unpaired) electrons. The van der Waals surface area contributed by atoms with Gasteiger partial charge in [0.2, 0.25) is 0 Å². The number of benzene rings is 1. The van der Waals surface area contributed by atoms with E-state index in [0.717, 1.165) is 44.0 Å². The average Bonchev–Trinajstić information content (AvgIpc) is 2.41. The van der Waals surface area contributed by atoms with E-state index in [0.29, 0.717) is 0 Å². The first-order valence-electron chi connectivity index (χ1n) is 5.92. The number of anilines is 1. The Kier molecular flexibility index (Phi) is 4.78. The molecule has 0 bridgehead atoms. The van der Waals surface area contributed by atoms with Crippen LogP contribution in [-0.4, -0.2) is 32.1 Å². The number of hydrogen-bond donors (Lipinski definition) is 1. The van der Waals surface area contributed by atoms with Crippen LogP contribution in [0.3, 0.4) is 0 Å². The fourth-order valence-corrected chi connectivity index (χ4v) is 1.91. The van der Waals surface area contributed by atoms with Crippen molar-refractivity contribution in [1.29, 1.82) is 0 Å². The summed E-state index contributed by atoms with van der Waals surface area (Å²) >= 11 is 4.13. The minimum atomic E-state index is 0.818. The SMILES string of the molecule is SCCC#Cc1ccc(N2CCOCC2)cc1. The Morgan fingerprint density at radius 1 is 1.18 bits per heavy atom. The molecule has 1 aromatic carbocycles. The molecule has 1 aliphatic rings. The lowest BCUT2D eigenvalue weighted by Crippen LogP contribution is -2.36. The Balaban J connectivity index is 2.00. The van der Waals surface area contributed by atoms with Gasteiger partial charge in [0, 0.05) is 36.5 Å². The van der Waals surface area contributed by atoms with Crippen LogP contribution in [0.2, 0.25) is 0 Å². The topological polar surface area (TPSA) is 12.5 Å². The summed E-state index contributed by atoms with van der Waals surface area (Å²) < 4.78 is 5.34. The van der Waals surface area contributed by atoms with Crippen LogP contribution in [0.15, 0.2) is 24.3 Å². The van der Waals surface area contributed by atoms with E-state index in [1.165, 1.54) is 5.69 Å². The molecule has 0 aliphatic carbocycles. The molecule has 1 saturated heterocycles. The molecule has 1 aromatic rings. The predicted octanol–water partition coefficient (Wildman–Crippen LogP) is 2.19. The van der Waals surface area contributed by atoms with Crippen molar-refractivity contribution in [2.75, 3.05) is 37.0 Å². The Morgan fingerprint density at radius 2 is 1.88 bits per heavy atom. The summed E-state index contributed by atoms with van der Waals surface area (Å²) in [7, 11) is 0. The van der Waals surface area contributed by atoms with Gasteiger partial charge in [-0.1, -0.05) is 11.8 Å². The van der Waals surface area contributed by atoms with Gasteiger partial charge in [0.1, 0.15) is 0 Å². The summed E-state index contributed by atoms with van der Waals surface area (Å²) in [5, 5.41) is 0. The van der Waals surface area contributed by atoms with Crippen LogP contribution in [0, 0.1) is 11.8 Å². The third kappa shape index (κ3) is 3.69. The molecule has 0 saturated carbocycles. The molecule has 2 rings (SSSR count). The molecule has 2 nitrogen and oxygen atoms in total. The molecule has 0 atom stereocenters. The zero-order valence-electron chi connectivity index (χ0n) is 9.85. The van der Waals surface area contributed by atoms with Gasteiger partial charge >= 0.3 is 0 Å². The molecule has 1 fully saturated rings. The van der Waals surface area contributed by atoms with Crippen molar-refractivity contribution < 1.29 is 4.74 Å². The van der Waals surface area contributed by atoms with Crippen molar-refractivity contribution in [3.63, 3.8) is 0 Å². The molecule has 0 amide bonds. The highest BCUT2D eigenvalue weighted by molar-refractivity contribution is 7.80. The van der Waals surface area contributed by atoms with Crippen LogP contribution in [0.4, 0.5) is 5.69 Å². The molecule has 90 valence electrons. The molecule has 0 N–H and O–H groups in total. The first kappa shape index (κ1) is 12.3. The van der Waals surface area contributed by atoms with Crippen LogP contribution in [0.25, 0.3) is 0 Å². The molecule has 3 heteroatoms. The number of morpholine rings is 1. The fourth-order valence-electron chi connectivity index (χ4n) is 1.80. The van der Waals surface area contributed by atoms with E-state index >= 15 is 0 Å². The summed E-state index contributed by atoms with van der Waals surface area (Å²) in [6, 6.07) is 8.43. The summed E-state index contributed by atoms with van der Waals surface area (Å²) in [4.78, 5) is 2.34. The Hall–Kier alpha value is -1.11. The van der Waals surface area contributed by atoms with Gasteiger partial charge in [-0.3, -0.25) is 0 Å². The van der Waals surface area contributed by atoms with Gasteiger partial charge in [-0.25, -0.2) is 0 Å². The van der Waals surface area contributed by atoms with Crippen LogP contribution in [0.5, 0.6) is 0 Å². The van der Waals surface area contributed by atoms with Crippen molar-refractivity contribution in [2.45, 2.75) is 6.42 Å². The van der Waals surface area contributed by atoms with Crippen molar-refractivity contribution in [2.24, 2.45) is 0 Å². The van der Waals surface area contributed by atoms with Crippen molar-refractivity contribution >= 4 is 18.3 Å². The summed E-state index contributed by atoms with van der Waals surface area (Å²) in [5.74, 6) is 7.04. The standard InChI is InChI=1S/C14H17NOS/c17-12-2-1-3-13-4-6-14(7-5-13)15-8-10-16-11-9-15/h4-7,17H,2,8-12H2. The molecule has 0 aromatic heterocycles. The zero-order chi connectivity index (χ0) is 11.9. The summed E-state index contributed by atoms with van der Waals surface area (Å²) in [6.45, 7) is 3.60. The second-order valence-electron chi connectivity index (χ2n) is 3.92. The van der Waals surface area contributed by atoms with E-state index in [4.69, 9.17) is 4.74 Å². The molecular weight excluding hydrogens is 230 g/mol. The highest BCUT2D eigenvalue weighted by Crippen LogP contribution is 2.16. The van der Waals surface area contributed by atoms with Crippen molar-refractivity contribution in [1.82, 2.24) is 0 Å². The quantitative estimate of drug-likeness (QED) is 0.635. The van der Waals surface area contributed by atoms with Gasteiger partial charge in [0.25, 0.3) is 0 Å². The van der Waals surface area contributed by atoms with E-state index in [9.17, 15) is 0 Å². The minimum Gasteiger partial charge on any atom is -0.378 e. The lowest BCUT2D eigenvalue weighted by molar-refractivity contribution is 0.122. The van der Waals surface area contributed by atoms with Gasteiger partial charge in [0.15, 0.2) is 0 Å². The first-order valence-corrected chi connectivity index (χ1v) is 6.56. The largest absolute Gasteiger partial charge is 0.378 e. The van der Waals surface area contributed by atoms with E-state index in [1.807, 2.05) is 0 Å². The Bertz CT molecular complexity index is 398. The van der Waals surface area contributed by atoms with Crippen molar-refractivity contribution in [3.8, 4) is 11.8 Å². The van der Waals surface area contributed by atoms with E-state index in [2.05, 4.69) is 53.6 Å². The summed E-state index contributed by atoms with van der Waals surface area (Å²) in [5.41, 5.74) is 2.33. The smallest absolute Gasteiger partial charge is 0.0642 e. The van der Waals surface area contributed by atoms with Gasteiger partial charge in [-0.2, -0.15) is 12.6 Å². The van der Waals surface area contributed by atoms with E-state index in [1.54, 1.807) is 0 Å². The number of rotatable bonds is 2. The monoisotopic (exact) mass is 247 g/mol. The number of hydrogen-bond acceptors (Lipinski definition) is 3. The number of ether oxygens (including phenoxy) is 1. The second kappa shape index (κ2) is 6.58.